The first-order valence-electron chi connectivity index (χ1n) is 5.45. The Labute approximate surface area is 121 Å². The molecule has 104 valence electrons. The molecule has 0 aromatic heterocycles. The molecule has 0 heterocycles. The second-order valence-electron chi connectivity index (χ2n) is 4.19. The van der Waals surface area contributed by atoms with E-state index in [1.807, 2.05) is 0 Å². The van der Waals surface area contributed by atoms with Crippen LogP contribution < -0.4 is 5.32 Å². The minimum Gasteiger partial charge on any atom is -0.480 e. The number of aliphatic carboxylic acids is 1. The lowest BCUT2D eigenvalue weighted by Gasteiger charge is -2.19. The molecular formula is C12H14Cl2N2O3. The monoisotopic (exact) mass is 304 g/mol. The summed E-state index contributed by atoms with van der Waals surface area (Å²) in [6.07, 6.45) is -0.175. The minimum absolute atomic E-state index is 0.175. The molecule has 1 amide bonds. The van der Waals surface area contributed by atoms with Crippen LogP contribution in [0.2, 0.25) is 10.0 Å². The maximum absolute atomic E-state index is 11.8. The van der Waals surface area contributed by atoms with Crippen molar-refractivity contribution < 1.29 is 14.7 Å². The molecule has 1 aromatic rings. The number of likely N-dealkylation sites (N-methyl/N-ethyl adjacent to an activating group) is 1. The van der Waals surface area contributed by atoms with Gasteiger partial charge in [-0.2, -0.15) is 0 Å². The Morgan fingerprint density at radius 2 is 2.00 bits per heavy atom. The molecule has 5 nitrogen and oxygen atoms in total. The highest BCUT2D eigenvalue weighted by Crippen LogP contribution is 2.25. The summed E-state index contributed by atoms with van der Waals surface area (Å²) >= 11 is 11.7. The van der Waals surface area contributed by atoms with Gasteiger partial charge in [0.05, 0.1) is 17.1 Å². The van der Waals surface area contributed by atoms with Crippen molar-refractivity contribution in [3.63, 3.8) is 0 Å². The number of carboxylic acids is 1. The molecule has 0 aliphatic carbocycles. The fraction of sp³-hybridized carbons (Fsp3) is 0.333. The van der Waals surface area contributed by atoms with Gasteiger partial charge in [-0.05, 0) is 32.3 Å². The number of hydrogen-bond acceptors (Lipinski definition) is 3. The van der Waals surface area contributed by atoms with Crippen LogP contribution in [-0.2, 0) is 9.59 Å². The molecule has 0 bridgehead atoms. The quantitative estimate of drug-likeness (QED) is 0.876. The Hall–Kier alpha value is -1.30. The van der Waals surface area contributed by atoms with E-state index in [9.17, 15) is 9.59 Å². The van der Waals surface area contributed by atoms with E-state index in [1.165, 1.54) is 11.0 Å². The lowest BCUT2D eigenvalue weighted by atomic mass is 10.2. The van der Waals surface area contributed by atoms with Gasteiger partial charge < -0.3 is 10.4 Å². The molecule has 0 saturated carbocycles. The first-order valence-corrected chi connectivity index (χ1v) is 6.21. The second-order valence-corrected chi connectivity index (χ2v) is 5.04. The first kappa shape index (κ1) is 15.8. The molecule has 7 heteroatoms. The van der Waals surface area contributed by atoms with Gasteiger partial charge >= 0.3 is 5.97 Å². The standard InChI is InChI=1S/C12H14Cl2N2O3/c1-16(2)10(12(18)19)6-11(17)15-9-5-7(13)3-4-8(9)14/h3-5,10H,6H2,1-2H3,(H,15,17)(H,18,19)/t10-/m1/s1. The van der Waals surface area contributed by atoms with Gasteiger partial charge in [0.1, 0.15) is 6.04 Å². The summed E-state index contributed by atoms with van der Waals surface area (Å²) in [5.74, 6) is -1.50. The van der Waals surface area contributed by atoms with Crippen LogP contribution in [-0.4, -0.2) is 42.0 Å². The van der Waals surface area contributed by atoms with E-state index >= 15 is 0 Å². The van der Waals surface area contributed by atoms with Crippen LogP contribution in [0.5, 0.6) is 0 Å². The highest BCUT2D eigenvalue weighted by molar-refractivity contribution is 6.35. The average molecular weight is 305 g/mol. The Balaban J connectivity index is 2.74. The van der Waals surface area contributed by atoms with Crippen LogP contribution in [0.3, 0.4) is 0 Å². The van der Waals surface area contributed by atoms with E-state index < -0.39 is 17.9 Å². The van der Waals surface area contributed by atoms with Crippen molar-refractivity contribution in [2.45, 2.75) is 12.5 Å². The molecule has 0 spiro atoms. The predicted octanol–water partition coefficient (Wildman–Crippen LogP) is 2.34. The first-order chi connectivity index (χ1) is 8.81. The number of carboxylic acid groups (broad SMARTS) is 1. The zero-order valence-electron chi connectivity index (χ0n) is 10.5. The van der Waals surface area contributed by atoms with Gasteiger partial charge in [0.25, 0.3) is 0 Å². The van der Waals surface area contributed by atoms with E-state index in [-0.39, 0.29) is 6.42 Å². The summed E-state index contributed by atoms with van der Waals surface area (Å²) in [6, 6.07) is 3.77. The van der Waals surface area contributed by atoms with Gasteiger partial charge in [0, 0.05) is 5.02 Å². The molecular weight excluding hydrogens is 291 g/mol. The smallest absolute Gasteiger partial charge is 0.321 e. The number of anilines is 1. The Kier molecular flexibility index (Phi) is 5.60. The number of rotatable bonds is 5. The van der Waals surface area contributed by atoms with Gasteiger partial charge in [0.15, 0.2) is 0 Å². The lowest BCUT2D eigenvalue weighted by Crippen LogP contribution is -2.38. The van der Waals surface area contributed by atoms with Crippen molar-refractivity contribution >= 4 is 40.8 Å². The third-order valence-electron chi connectivity index (χ3n) is 2.49. The number of hydrogen-bond donors (Lipinski definition) is 2. The molecule has 0 radical (unpaired) electrons. The van der Waals surface area contributed by atoms with Crippen molar-refractivity contribution in [2.24, 2.45) is 0 Å². The molecule has 0 fully saturated rings. The summed E-state index contributed by atoms with van der Waals surface area (Å²) in [5, 5.41) is 12.3. The summed E-state index contributed by atoms with van der Waals surface area (Å²) in [5.41, 5.74) is 0.363. The topological polar surface area (TPSA) is 69.6 Å². The van der Waals surface area contributed by atoms with Crippen molar-refractivity contribution in [1.82, 2.24) is 4.90 Å². The number of amides is 1. The Bertz CT molecular complexity index is 492. The molecule has 1 aromatic carbocycles. The highest BCUT2D eigenvalue weighted by atomic mass is 35.5. The third-order valence-corrected chi connectivity index (χ3v) is 3.05. The SMILES string of the molecule is CN(C)[C@H](CC(=O)Nc1cc(Cl)ccc1Cl)C(=O)O. The number of halogens is 2. The van der Waals surface area contributed by atoms with E-state index in [1.54, 1.807) is 26.2 Å². The summed E-state index contributed by atoms with van der Waals surface area (Å²) < 4.78 is 0. The largest absolute Gasteiger partial charge is 0.480 e. The molecule has 1 rings (SSSR count). The molecule has 0 aliphatic rings. The zero-order chi connectivity index (χ0) is 14.6. The Morgan fingerprint density at radius 3 is 2.53 bits per heavy atom. The van der Waals surface area contributed by atoms with E-state index in [2.05, 4.69) is 5.32 Å². The molecule has 2 N–H and O–H groups in total. The van der Waals surface area contributed by atoms with E-state index in [0.717, 1.165) is 0 Å². The maximum atomic E-state index is 11.8. The van der Waals surface area contributed by atoms with Crippen molar-refractivity contribution in [2.75, 3.05) is 19.4 Å². The van der Waals surface area contributed by atoms with Gasteiger partial charge in [-0.3, -0.25) is 14.5 Å². The van der Waals surface area contributed by atoms with Crippen molar-refractivity contribution in [1.29, 1.82) is 0 Å². The maximum Gasteiger partial charge on any atom is 0.321 e. The van der Waals surface area contributed by atoms with Gasteiger partial charge in [-0.15, -0.1) is 0 Å². The summed E-state index contributed by atoms with van der Waals surface area (Å²) in [7, 11) is 3.19. The van der Waals surface area contributed by atoms with Crippen molar-refractivity contribution in [3.8, 4) is 0 Å². The van der Waals surface area contributed by atoms with Gasteiger partial charge in [-0.25, -0.2) is 0 Å². The third kappa shape index (κ3) is 4.70. The van der Waals surface area contributed by atoms with Crippen molar-refractivity contribution in [3.05, 3.63) is 28.2 Å². The highest BCUT2D eigenvalue weighted by Gasteiger charge is 2.23. The van der Waals surface area contributed by atoms with Gasteiger partial charge in [-0.1, -0.05) is 23.2 Å². The number of nitrogens with zero attached hydrogens (tertiary/aromatic N) is 1. The lowest BCUT2D eigenvalue weighted by molar-refractivity contribution is -0.144. The van der Waals surface area contributed by atoms with Crippen LogP contribution in [0.25, 0.3) is 0 Å². The zero-order valence-corrected chi connectivity index (χ0v) is 12.0. The summed E-state index contributed by atoms with van der Waals surface area (Å²) in [4.78, 5) is 24.2. The van der Waals surface area contributed by atoms with E-state index in [4.69, 9.17) is 28.3 Å². The number of nitrogens with one attached hydrogen (secondary N) is 1. The van der Waals surface area contributed by atoms with Crippen LogP contribution in [0.1, 0.15) is 6.42 Å². The number of carbonyl (C=O) groups is 2. The molecule has 0 saturated heterocycles. The van der Waals surface area contributed by atoms with Gasteiger partial charge in [0.2, 0.25) is 5.91 Å². The molecule has 1 atom stereocenters. The Morgan fingerprint density at radius 1 is 1.37 bits per heavy atom. The minimum atomic E-state index is -1.06. The fourth-order valence-corrected chi connectivity index (χ4v) is 1.80. The molecule has 0 unspecified atom stereocenters. The molecule has 19 heavy (non-hydrogen) atoms. The summed E-state index contributed by atoms with van der Waals surface area (Å²) in [6.45, 7) is 0. The number of benzene rings is 1. The average Bonchev–Trinajstić information content (AvgIpc) is 2.30. The van der Waals surface area contributed by atoms with Crippen LogP contribution in [0, 0.1) is 0 Å². The predicted molar refractivity (Wildman–Crippen MR) is 74.8 cm³/mol. The molecule has 0 aliphatic heterocycles. The van der Waals surface area contributed by atoms with Crippen LogP contribution >= 0.6 is 23.2 Å². The van der Waals surface area contributed by atoms with E-state index in [0.29, 0.717) is 15.7 Å². The van der Waals surface area contributed by atoms with Crippen LogP contribution in [0.15, 0.2) is 18.2 Å². The van der Waals surface area contributed by atoms with Crippen LogP contribution in [0.4, 0.5) is 5.69 Å². The fourth-order valence-electron chi connectivity index (χ4n) is 1.46. The second kappa shape index (κ2) is 6.75. The normalized spacial score (nSPS) is 12.3. The number of carbonyl (C=O) groups excluding carboxylic acids is 1.